The number of alkyl halides is 1. The Balaban J connectivity index is 2.85. The molecular weight excluding hydrogens is 265 g/mol. The number of hydrogen-bond donors (Lipinski definition) is 1. The van der Waals surface area contributed by atoms with E-state index in [1.165, 1.54) is 0 Å². The van der Waals surface area contributed by atoms with Crippen molar-refractivity contribution in [3.63, 3.8) is 0 Å². The maximum absolute atomic E-state index is 10.8. The minimum atomic E-state index is -0.636. The van der Waals surface area contributed by atoms with E-state index in [0.717, 1.165) is 15.6 Å². The first kappa shape index (κ1) is 11.5. The maximum atomic E-state index is 10.8. The minimum absolute atomic E-state index is 0.474. The van der Waals surface area contributed by atoms with Crippen molar-refractivity contribution in [3.05, 3.63) is 33.8 Å². The van der Waals surface area contributed by atoms with Crippen molar-refractivity contribution < 1.29 is 4.79 Å². The van der Waals surface area contributed by atoms with Crippen molar-refractivity contribution >= 4 is 33.4 Å². The van der Waals surface area contributed by atoms with E-state index in [9.17, 15) is 4.79 Å². The molecule has 1 amide bonds. The third-order valence-electron chi connectivity index (χ3n) is 2.02. The quantitative estimate of drug-likeness (QED) is 0.847. The van der Waals surface area contributed by atoms with Crippen LogP contribution in [0.5, 0.6) is 0 Å². The van der Waals surface area contributed by atoms with E-state index >= 15 is 0 Å². The zero-order valence-electron chi connectivity index (χ0n) is 7.76. The van der Waals surface area contributed by atoms with Crippen LogP contribution in [0, 0.1) is 6.92 Å². The van der Waals surface area contributed by atoms with Gasteiger partial charge in [-0.05, 0) is 36.6 Å². The van der Waals surface area contributed by atoms with Crippen LogP contribution >= 0.6 is 27.5 Å². The van der Waals surface area contributed by atoms with Gasteiger partial charge in [0.15, 0.2) is 0 Å². The summed E-state index contributed by atoms with van der Waals surface area (Å²) in [5.41, 5.74) is 7.24. The first-order chi connectivity index (χ1) is 6.50. The van der Waals surface area contributed by atoms with Crippen LogP contribution in [0.3, 0.4) is 0 Å². The maximum Gasteiger partial charge on any atom is 0.235 e. The monoisotopic (exact) mass is 275 g/mol. The van der Waals surface area contributed by atoms with Crippen LogP contribution < -0.4 is 5.73 Å². The van der Waals surface area contributed by atoms with Gasteiger partial charge in [0, 0.05) is 4.47 Å². The van der Waals surface area contributed by atoms with Gasteiger partial charge in [0.25, 0.3) is 0 Å². The smallest absolute Gasteiger partial charge is 0.235 e. The molecule has 0 aliphatic carbocycles. The van der Waals surface area contributed by atoms with E-state index in [-0.39, 0.29) is 0 Å². The minimum Gasteiger partial charge on any atom is -0.368 e. The molecule has 0 spiro atoms. The Labute approximate surface area is 96.6 Å². The lowest BCUT2D eigenvalue weighted by Gasteiger charge is -2.08. The van der Waals surface area contributed by atoms with Gasteiger partial charge in [-0.3, -0.25) is 4.79 Å². The first-order valence-electron chi connectivity index (χ1n) is 4.19. The van der Waals surface area contributed by atoms with Crippen molar-refractivity contribution in [2.75, 3.05) is 0 Å². The second kappa shape index (κ2) is 4.80. The molecule has 76 valence electrons. The molecule has 0 fully saturated rings. The summed E-state index contributed by atoms with van der Waals surface area (Å²) >= 11 is 9.15. The van der Waals surface area contributed by atoms with Crippen LogP contribution in [-0.4, -0.2) is 11.3 Å². The Morgan fingerprint density at radius 3 is 2.86 bits per heavy atom. The summed E-state index contributed by atoms with van der Waals surface area (Å²) in [6.07, 6.45) is 0.474. The van der Waals surface area contributed by atoms with Crippen molar-refractivity contribution in [2.24, 2.45) is 5.73 Å². The third-order valence-corrected chi connectivity index (χ3v) is 2.88. The molecule has 0 aromatic heterocycles. The van der Waals surface area contributed by atoms with Crippen LogP contribution in [0.2, 0.25) is 0 Å². The fourth-order valence-corrected chi connectivity index (χ4v) is 1.73. The Hall–Kier alpha value is -0.540. The van der Waals surface area contributed by atoms with E-state index in [0.29, 0.717) is 6.42 Å². The number of primary amides is 1. The van der Waals surface area contributed by atoms with E-state index < -0.39 is 11.3 Å². The lowest BCUT2D eigenvalue weighted by molar-refractivity contribution is -0.117. The summed E-state index contributed by atoms with van der Waals surface area (Å²) in [7, 11) is 0. The average molecular weight is 277 g/mol. The highest BCUT2D eigenvalue weighted by atomic mass is 79.9. The normalized spacial score (nSPS) is 12.5. The van der Waals surface area contributed by atoms with Gasteiger partial charge in [-0.15, -0.1) is 11.6 Å². The van der Waals surface area contributed by atoms with Gasteiger partial charge in [-0.25, -0.2) is 0 Å². The molecule has 4 heteroatoms. The van der Waals surface area contributed by atoms with E-state index in [1.54, 1.807) is 0 Å². The zero-order chi connectivity index (χ0) is 10.7. The number of halogens is 2. The van der Waals surface area contributed by atoms with Crippen molar-refractivity contribution in [3.8, 4) is 0 Å². The molecule has 0 radical (unpaired) electrons. The fourth-order valence-electron chi connectivity index (χ4n) is 1.15. The van der Waals surface area contributed by atoms with Gasteiger partial charge < -0.3 is 5.73 Å². The van der Waals surface area contributed by atoms with Crippen molar-refractivity contribution in [1.82, 2.24) is 0 Å². The number of amides is 1. The fraction of sp³-hybridized carbons (Fsp3) is 0.300. The molecule has 1 aromatic rings. The number of benzene rings is 1. The Bertz CT molecular complexity index is 354. The summed E-state index contributed by atoms with van der Waals surface area (Å²) in [5.74, 6) is -0.481. The van der Waals surface area contributed by atoms with E-state index in [1.807, 2.05) is 25.1 Å². The van der Waals surface area contributed by atoms with Crippen LogP contribution in [0.15, 0.2) is 22.7 Å². The number of nitrogens with two attached hydrogens (primary N) is 1. The Morgan fingerprint density at radius 1 is 1.64 bits per heavy atom. The second-order valence-electron chi connectivity index (χ2n) is 3.14. The number of hydrogen-bond acceptors (Lipinski definition) is 1. The average Bonchev–Trinajstić information content (AvgIpc) is 2.11. The molecule has 0 bridgehead atoms. The molecule has 1 atom stereocenters. The molecule has 0 saturated carbocycles. The molecular formula is C10H11BrClNO. The lowest BCUT2D eigenvalue weighted by atomic mass is 10.0. The molecule has 1 aromatic carbocycles. The topological polar surface area (TPSA) is 43.1 Å². The summed E-state index contributed by atoms with van der Waals surface area (Å²) in [6.45, 7) is 1.98. The van der Waals surface area contributed by atoms with E-state index in [4.69, 9.17) is 17.3 Å². The molecule has 0 aliphatic rings. The highest BCUT2D eigenvalue weighted by molar-refractivity contribution is 9.10. The number of aryl methyl sites for hydroxylation is 1. The van der Waals surface area contributed by atoms with E-state index in [2.05, 4.69) is 15.9 Å². The Morgan fingerprint density at radius 2 is 2.29 bits per heavy atom. The summed E-state index contributed by atoms with van der Waals surface area (Å²) in [4.78, 5) is 10.8. The molecule has 1 rings (SSSR count). The largest absolute Gasteiger partial charge is 0.368 e. The van der Waals surface area contributed by atoms with Crippen LogP contribution in [-0.2, 0) is 11.2 Å². The summed E-state index contributed by atoms with van der Waals surface area (Å²) < 4.78 is 0.978. The Kier molecular flexibility index (Phi) is 3.96. The molecule has 0 saturated heterocycles. The molecule has 2 nitrogen and oxygen atoms in total. The number of rotatable bonds is 3. The van der Waals surface area contributed by atoms with Gasteiger partial charge in [0.1, 0.15) is 5.38 Å². The number of carbonyl (C=O) groups is 1. The van der Waals surface area contributed by atoms with Gasteiger partial charge in [-0.1, -0.05) is 22.0 Å². The molecule has 14 heavy (non-hydrogen) atoms. The van der Waals surface area contributed by atoms with Gasteiger partial charge in [-0.2, -0.15) is 0 Å². The van der Waals surface area contributed by atoms with Crippen LogP contribution in [0.4, 0.5) is 0 Å². The summed E-state index contributed by atoms with van der Waals surface area (Å²) in [5, 5.41) is -0.636. The zero-order valence-corrected chi connectivity index (χ0v) is 10.1. The molecule has 0 heterocycles. The highest BCUT2D eigenvalue weighted by Gasteiger charge is 2.13. The number of carbonyl (C=O) groups excluding carboxylic acids is 1. The predicted octanol–water partition coefficient (Wildman–Crippen LogP) is 2.39. The predicted molar refractivity (Wildman–Crippen MR) is 61.4 cm³/mol. The van der Waals surface area contributed by atoms with Gasteiger partial charge >= 0.3 is 0 Å². The molecule has 0 aliphatic heterocycles. The highest BCUT2D eigenvalue weighted by Crippen LogP contribution is 2.18. The lowest BCUT2D eigenvalue weighted by Crippen LogP contribution is -2.25. The van der Waals surface area contributed by atoms with Crippen LogP contribution in [0.1, 0.15) is 11.1 Å². The standard InChI is InChI=1S/C10H11BrClNO/c1-6-2-3-8(11)4-7(6)5-9(12)10(13)14/h2-4,9H,5H2,1H3,(H2,13,14). The van der Waals surface area contributed by atoms with Gasteiger partial charge in [0.2, 0.25) is 5.91 Å². The van der Waals surface area contributed by atoms with Crippen molar-refractivity contribution in [2.45, 2.75) is 18.7 Å². The van der Waals surface area contributed by atoms with Crippen LogP contribution in [0.25, 0.3) is 0 Å². The molecule has 1 unspecified atom stereocenters. The summed E-state index contributed by atoms with van der Waals surface area (Å²) in [6, 6.07) is 5.88. The SMILES string of the molecule is Cc1ccc(Br)cc1CC(Cl)C(N)=O. The van der Waals surface area contributed by atoms with Gasteiger partial charge in [0.05, 0.1) is 0 Å². The second-order valence-corrected chi connectivity index (χ2v) is 4.59. The first-order valence-corrected chi connectivity index (χ1v) is 5.42. The van der Waals surface area contributed by atoms with Crippen molar-refractivity contribution in [1.29, 1.82) is 0 Å². The molecule has 2 N–H and O–H groups in total. The third kappa shape index (κ3) is 3.00.